The smallest absolute Gasteiger partial charge is 0.352 e. The molecule has 1 aromatic heterocycles. The molecule has 1 unspecified atom stereocenters. The van der Waals surface area contributed by atoms with Gasteiger partial charge >= 0.3 is 11.9 Å². The summed E-state index contributed by atoms with van der Waals surface area (Å²) in [4.78, 5) is 25.3. The van der Waals surface area contributed by atoms with Crippen molar-refractivity contribution in [1.29, 1.82) is 5.26 Å². The molecule has 0 saturated heterocycles. The largest absolute Gasteiger partial charge is 0.477 e. The number of aromatic carboxylic acids is 1. The van der Waals surface area contributed by atoms with E-state index in [1.54, 1.807) is 28.4 Å². The van der Waals surface area contributed by atoms with Gasteiger partial charge in [0.2, 0.25) is 0 Å². The monoisotopic (exact) mass is 634 g/mol. The van der Waals surface area contributed by atoms with Crippen molar-refractivity contribution in [3.05, 3.63) is 60.5 Å². The van der Waals surface area contributed by atoms with E-state index in [-0.39, 0.29) is 67.2 Å². The van der Waals surface area contributed by atoms with Crippen LogP contribution in [0.3, 0.4) is 0 Å². The van der Waals surface area contributed by atoms with E-state index in [1.165, 1.54) is 12.3 Å². The zero-order valence-corrected chi connectivity index (χ0v) is 26.9. The standard InChI is InChI=1S/C23H36O6.C6H4N2O2.C2H6O.C2H4.CH4/c1-14-9-15(2)23-17(12-22(25)28-20(14)7-8-26-3)6-5-16-10-19(24)18(13-27-4)11-21(16)29-23;7-2-4-1-5(6(9)10)8-3-4;1-3-2;1-2;/h5-6,9,14,16-21,23-24H,7-8,10-13H2,1-4H3;1,3,8H,(H,9,10);1-2H3;1-2H2;1H4/b15-9+;;;;/t14-,16?,17-,18-,19+,20-,21+,23+;;;;/m1..../s1. The summed E-state index contributed by atoms with van der Waals surface area (Å²) in [7, 11) is 6.58. The van der Waals surface area contributed by atoms with Gasteiger partial charge in [0.1, 0.15) is 17.9 Å². The van der Waals surface area contributed by atoms with Crippen LogP contribution in [-0.2, 0) is 28.5 Å². The second-order valence-corrected chi connectivity index (χ2v) is 11.0. The molecular weight excluding hydrogens is 580 g/mol. The molecule has 0 radical (unpaired) electrons. The lowest BCUT2D eigenvalue weighted by atomic mass is 9.78. The molecule has 0 amide bonds. The highest BCUT2D eigenvalue weighted by molar-refractivity contribution is 5.85. The number of carbonyl (C=O) groups excluding carboxylic acids is 1. The Labute approximate surface area is 268 Å². The quantitative estimate of drug-likeness (QED) is 0.281. The lowest BCUT2D eigenvalue weighted by Gasteiger charge is -2.39. The zero-order chi connectivity index (χ0) is 33.2. The highest BCUT2D eigenvalue weighted by Crippen LogP contribution is 2.39. The summed E-state index contributed by atoms with van der Waals surface area (Å²) < 4.78 is 27.2. The van der Waals surface area contributed by atoms with Crippen LogP contribution < -0.4 is 0 Å². The summed E-state index contributed by atoms with van der Waals surface area (Å²) in [6, 6.07) is 3.09. The molecule has 0 bridgehead atoms. The first kappa shape index (κ1) is 41.7. The fourth-order valence-corrected chi connectivity index (χ4v) is 5.57. The Kier molecular flexibility index (Phi) is 20.7. The number of carbonyl (C=O) groups is 2. The van der Waals surface area contributed by atoms with E-state index in [9.17, 15) is 14.7 Å². The molecule has 0 spiro atoms. The number of esters is 1. The van der Waals surface area contributed by atoms with Crippen LogP contribution in [-0.4, -0.2) is 93.2 Å². The average molecular weight is 635 g/mol. The van der Waals surface area contributed by atoms with Gasteiger partial charge in [-0.1, -0.05) is 32.6 Å². The van der Waals surface area contributed by atoms with E-state index in [1.807, 2.05) is 6.07 Å². The van der Waals surface area contributed by atoms with Crippen LogP contribution in [0.15, 0.2) is 49.2 Å². The van der Waals surface area contributed by atoms with Crippen molar-refractivity contribution in [3.63, 3.8) is 0 Å². The van der Waals surface area contributed by atoms with E-state index in [4.69, 9.17) is 29.3 Å². The van der Waals surface area contributed by atoms with Crippen LogP contribution in [0.5, 0.6) is 0 Å². The number of carboxylic acid groups (broad SMARTS) is 1. The Morgan fingerprint density at radius 3 is 2.33 bits per heavy atom. The van der Waals surface area contributed by atoms with Gasteiger partial charge < -0.3 is 38.9 Å². The third-order valence-corrected chi connectivity index (χ3v) is 7.66. The predicted molar refractivity (Wildman–Crippen MR) is 173 cm³/mol. The second kappa shape index (κ2) is 22.3. The molecule has 2 aliphatic heterocycles. The summed E-state index contributed by atoms with van der Waals surface area (Å²) in [5, 5.41) is 27.1. The molecule has 1 aliphatic carbocycles. The van der Waals surface area contributed by atoms with E-state index in [2.05, 4.69) is 55.0 Å². The molecule has 8 atom stereocenters. The Morgan fingerprint density at radius 2 is 1.80 bits per heavy atom. The molecule has 3 aliphatic rings. The highest BCUT2D eigenvalue weighted by Gasteiger charge is 2.41. The highest BCUT2D eigenvalue weighted by atomic mass is 16.5. The number of aliphatic hydroxyl groups excluding tert-OH is 1. The molecule has 45 heavy (non-hydrogen) atoms. The van der Waals surface area contributed by atoms with Gasteiger partial charge in [-0.15, -0.1) is 13.2 Å². The van der Waals surface area contributed by atoms with Crippen molar-refractivity contribution < 1.29 is 43.5 Å². The molecule has 11 heteroatoms. The minimum Gasteiger partial charge on any atom is -0.477 e. The zero-order valence-electron chi connectivity index (χ0n) is 26.9. The molecule has 11 nitrogen and oxygen atoms in total. The molecule has 1 fully saturated rings. The van der Waals surface area contributed by atoms with Crippen molar-refractivity contribution in [1.82, 2.24) is 4.98 Å². The van der Waals surface area contributed by atoms with Crippen LogP contribution in [0.2, 0.25) is 0 Å². The Balaban J connectivity index is 0.00000101. The van der Waals surface area contributed by atoms with Gasteiger partial charge in [-0.2, -0.15) is 5.26 Å². The van der Waals surface area contributed by atoms with Crippen LogP contribution in [0.25, 0.3) is 0 Å². The van der Waals surface area contributed by atoms with Gasteiger partial charge in [0, 0.05) is 71.3 Å². The maximum Gasteiger partial charge on any atom is 0.352 e. The molecule has 4 rings (SSSR count). The number of carboxylic acids is 1. The van der Waals surface area contributed by atoms with Gasteiger partial charge in [-0.3, -0.25) is 4.79 Å². The molecule has 0 aromatic carbocycles. The topological polar surface area (TPSA) is 160 Å². The average Bonchev–Trinajstić information content (AvgIpc) is 3.43. The van der Waals surface area contributed by atoms with Gasteiger partial charge in [0.25, 0.3) is 0 Å². The minimum atomic E-state index is -1.05. The number of nitrogens with zero attached hydrogens (tertiary/aromatic N) is 1. The summed E-state index contributed by atoms with van der Waals surface area (Å²) in [5.41, 5.74) is 1.51. The van der Waals surface area contributed by atoms with Crippen LogP contribution in [0, 0.1) is 35.0 Å². The third kappa shape index (κ3) is 13.3. The van der Waals surface area contributed by atoms with Gasteiger partial charge in [0.15, 0.2) is 0 Å². The van der Waals surface area contributed by atoms with E-state index in [0.717, 1.165) is 12.0 Å². The number of aromatic amines is 1. The number of nitriles is 1. The summed E-state index contributed by atoms with van der Waals surface area (Å²) in [6.07, 6.45) is 9.48. The van der Waals surface area contributed by atoms with Crippen LogP contribution in [0.4, 0.5) is 0 Å². The Morgan fingerprint density at radius 1 is 1.16 bits per heavy atom. The normalized spacial score (nSPS) is 29.6. The SMILES string of the molecule is C.C=C.COC.COCC[C@H]1OC(=O)C[C@H]2C=CC3C[C@H](O)[C@@H](COC)C[C@@H]3O[C@H]2/C(C)=C/[C@H]1C.N#Cc1c[nH]c(C(=O)O)c1. The molecule has 1 aromatic rings. The van der Waals surface area contributed by atoms with Crippen molar-refractivity contribution in [3.8, 4) is 6.07 Å². The van der Waals surface area contributed by atoms with Gasteiger partial charge in [0.05, 0.1) is 36.9 Å². The molecule has 254 valence electrons. The number of aromatic nitrogens is 1. The van der Waals surface area contributed by atoms with Crippen molar-refractivity contribution in [2.24, 2.45) is 23.7 Å². The van der Waals surface area contributed by atoms with Crippen molar-refractivity contribution in [2.75, 3.05) is 41.7 Å². The number of hydrogen-bond donors (Lipinski definition) is 3. The molecule has 3 N–H and O–H groups in total. The summed E-state index contributed by atoms with van der Waals surface area (Å²) in [6.45, 7) is 11.3. The molecule has 3 heterocycles. The first-order valence-corrected chi connectivity index (χ1v) is 14.7. The lowest BCUT2D eigenvalue weighted by Crippen LogP contribution is -2.42. The van der Waals surface area contributed by atoms with Crippen LogP contribution >= 0.6 is 0 Å². The van der Waals surface area contributed by atoms with E-state index >= 15 is 0 Å². The number of fused-ring (bicyclic) bond motifs is 2. The Hall–Kier alpha value is -3.27. The number of cyclic esters (lactones) is 1. The fourth-order valence-electron chi connectivity index (χ4n) is 5.57. The minimum absolute atomic E-state index is 0. The summed E-state index contributed by atoms with van der Waals surface area (Å²) in [5.74, 6) is -0.976. The van der Waals surface area contributed by atoms with Crippen molar-refractivity contribution in [2.45, 2.75) is 71.4 Å². The number of methoxy groups -OCH3 is 3. The van der Waals surface area contributed by atoms with E-state index in [0.29, 0.717) is 38.0 Å². The molecule has 1 saturated carbocycles. The lowest BCUT2D eigenvalue weighted by molar-refractivity contribution is -0.153. The predicted octanol–water partition coefficient (Wildman–Crippen LogP) is 5.18. The van der Waals surface area contributed by atoms with Crippen molar-refractivity contribution >= 4 is 11.9 Å². The first-order chi connectivity index (χ1) is 21.1. The maximum absolute atomic E-state index is 12.7. The summed E-state index contributed by atoms with van der Waals surface area (Å²) >= 11 is 0. The number of hydrogen-bond acceptors (Lipinski definition) is 9. The first-order valence-electron chi connectivity index (χ1n) is 14.7. The number of H-pyrrole nitrogens is 1. The fraction of sp³-hybridized carbons (Fsp3) is 0.618. The van der Waals surface area contributed by atoms with E-state index < -0.39 is 5.97 Å². The van der Waals surface area contributed by atoms with Gasteiger partial charge in [-0.05, 0) is 31.4 Å². The number of nitrogens with one attached hydrogen (secondary N) is 1. The Bertz CT molecular complexity index is 1110. The van der Waals surface area contributed by atoms with Crippen LogP contribution in [0.1, 0.15) is 63.0 Å². The number of rotatable bonds is 6. The number of aliphatic hydroxyl groups is 1. The maximum atomic E-state index is 12.7. The molecular formula is C34H54N2O9. The third-order valence-electron chi connectivity index (χ3n) is 7.66. The number of ether oxygens (including phenoxy) is 5. The second-order valence-electron chi connectivity index (χ2n) is 11.0. The van der Waals surface area contributed by atoms with Gasteiger partial charge in [-0.25, -0.2) is 4.79 Å².